The van der Waals surface area contributed by atoms with Crippen molar-refractivity contribution < 1.29 is 13.2 Å². The molecule has 0 saturated carbocycles. The second-order valence-electron chi connectivity index (χ2n) is 5.72. The lowest BCUT2D eigenvalue weighted by Crippen LogP contribution is -2.08. The summed E-state index contributed by atoms with van der Waals surface area (Å²) in [6.07, 6.45) is 2.77. The predicted octanol–water partition coefficient (Wildman–Crippen LogP) is 2.63. The molecule has 0 aliphatic heterocycles. The van der Waals surface area contributed by atoms with Crippen molar-refractivity contribution in [1.82, 2.24) is 9.97 Å². The van der Waals surface area contributed by atoms with Gasteiger partial charge in [-0.1, -0.05) is 12.1 Å². The molecule has 1 aromatic heterocycles. The van der Waals surface area contributed by atoms with Crippen LogP contribution in [0.2, 0.25) is 0 Å². The van der Waals surface area contributed by atoms with Gasteiger partial charge in [0.05, 0.1) is 30.1 Å². The Kier molecular flexibility index (Phi) is 5.13. The van der Waals surface area contributed by atoms with Crippen molar-refractivity contribution in [2.75, 3.05) is 18.8 Å². The number of methoxy groups -OCH3 is 1. The van der Waals surface area contributed by atoms with Gasteiger partial charge < -0.3 is 4.74 Å². The Labute approximate surface area is 151 Å². The fourth-order valence-corrected chi connectivity index (χ4v) is 3.03. The molecule has 2 aromatic carbocycles. The van der Waals surface area contributed by atoms with E-state index < -0.39 is 9.84 Å². The number of fused-ring (bicyclic) bond motifs is 1. The Bertz CT molecular complexity index is 1050. The summed E-state index contributed by atoms with van der Waals surface area (Å²) in [5.41, 5.74) is 5.29. The molecule has 3 rings (SSSR count). The van der Waals surface area contributed by atoms with Gasteiger partial charge in [-0.15, -0.1) is 0 Å². The first-order chi connectivity index (χ1) is 12.4. The van der Waals surface area contributed by atoms with E-state index in [0.717, 1.165) is 17.6 Å². The van der Waals surface area contributed by atoms with Crippen molar-refractivity contribution >= 4 is 32.9 Å². The molecular formula is C18H18N4O3S. The number of nitrogens with zero attached hydrogens (tertiary/aromatic N) is 3. The van der Waals surface area contributed by atoms with Crippen LogP contribution < -0.4 is 10.2 Å². The Hall–Kier alpha value is -3.00. The summed E-state index contributed by atoms with van der Waals surface area (Å²) in [7, 11) is -1.66. The average Bonchev–Trinajstić information content (AvgIpc) is 2.61. The molecule has 1 N–H and O–H groups in total. The highest BCUT2D eigenvalue weighted by molar-refractivity contribution is 7.89. The summed E-state index contributed by atoms with van der Waals surface area (Å²) in [5.74, 6) is 0.857. The third-order valence-electron chi connectivity index (χ3n) is 3.54. The molecule has 0 amide bonds. The number of aromatic nitrogens is 2. The van der Waals surface area contributed by atoms with Gasteiger partial charge in [0.25, 0.3) is 0 Å². The third kappa shape index (κ3) is 4.54. The molecule has 134 valence electrons. The average molecular weight is 370 g/mol. The minimum absolute atomic E-state index is 0.217. The smallest absolute Gasteiger partial charge is 0.169 e. The van der Waals surface area contributed by atoms with Gasteiger partial charge in [-0.2, -0.15) is 5.10 Å². The van der Waals surface area contributed by atoms with Gasteiger partial charge >= 0.3 is 0 Å². The van der Waals surface area contributed by atoms with E-state index in [1.807, 2.05) is 42.5 Å². The van der Waals surface area contributed by atoms with Crippen LogP contribution in [0.1, 0.15) is 11.3 Å². The Morgan fingerprint density at radius 2 is 1.73 bits per heavy atom. The number of benzene rings is 2. The van der Waals surface area contributed by atoms with E-state index in [4.69, 9.17) is 4.74 Å². The number of anilines is 1. The molecule has 0 atom stereocenters. The molecule has 7 nitrogen and oxygen atoms in total. The molecular weight excluding hydrogens is 352 g/mol. The van der Waals surface area contributed by atoms with Crippen LogP contribution in [0.5, 0.6) is 5.75 Å². The molecule has 0 fully saturated rings. The summed E-state index contributed by atoms with van der Waals surface area (Å²) in [6, 6.07) is 14.6. The molecule has 0 unspecified atom stereocenters. The largest absolute Gasteiger partial charge is 0.497 e. The second kappa shape index (κ2) is 7.49. The van der Waals surface area contributed by atoms with Gasteiger partial charge in [-0.25, -0.2) is 18.4 Å². The van der Waals surface area contributed by atoms with Gasteiger partial charge in [0.15, 0.2) is 15.7 Å². The zero-order chi connectivity index (χ0) is 18.6. The molecule has 0 bridgehead atoms. The lowest BCUT2D eigenvalue weighted by Gasteiger charge is -2.08. The monoisotopic (exact) mass is 370 g/mol. The fourth-order valence-electron chi connectivity index (χ4n) is 2.33. The highest BCUT2D eigenvalue weighted by Gasteiger charge is 2.13. The summed E-state index contributed by atoms with van der Waals surface area (Å²) < 4.78 is 28.5. The van der Waals surface area contributed by atoms with Crippen molar-refractivity contribution in [3.63, 3.8) is 0 Å². The summed E-state index contributed by atoms with van der Waals surface area (Å²) in [5, 5.41) is 4.15. The van der Waals surface area contributed by atoms with Crippen LogP contribution in [0.25, 0.3) is 11.0 Å². The minimum Gasteiger partial charge on any atom is -0.497 e. The van der Waals surface area contributed by atoms with Crippen molar-refractivity contribution in [2.45, 2.75) is 5.75 Å². The summed E-state index contributed by atoms with van der Waals surface area (Å²) in [6.45, 7) is 0. The quantitative estimate of drug-likeness (QED) is 0.530. The maximum atomic E-state index is 11.7. The second-order valence-corrected chi connectivity index (χ2v) is 7.86. The van der Waals surface area contributed by atoms with Gasteiger partial charge in [0.2, 0.25) is 0 Å². The van der Waals surface area contributed by atoms with Gasteiger partial charge in [-0.05, 0) is 42.0 Å². The molecule has 1 heterocycles. The van der Waals surface area contributed by atoms with Crippen molar-refractivity contribution in [2.24, 2.45) is 5.10 Å². The van der Waals surface area contributed by atoms with Crippen LogP contribution >= 0.6 is 0 Å². The number of para-hydroxylation sites is 2. The summed E-state index contributed by atoms with van der Waals surface area (Å²) >= 11 is 0. The SMILES string of the molecule is COc1ccc(/C=N/Nc2nc3ccccc3nc2CS(C)(=O)=O)cc1. The number of hydrazone groups is 1. The standard InChI is InChI=1S/C18H18N4O3S/c1-25-14-9-7-13(8-10-14)11-19-22-18-17(12-26(2,23)24)20-15-5-3-4-6-16(15)21-18/h3-11H,12H2,1-2H3,(H,21,22)/b19-11+. The van der Waals surface area contributed by atoms with Crippen molar-refractivity contribution in [3.05, 3.63) is 59.8 Å². The lowest BCUT2D eigenvalue weighted by molar-refractivity contribution is 0.415. The first-order valence-corrected chi connectivity index (χ1v) is 9.87. The highest BCUT2D eigenvalue weighted by atomic mass is 32.2. The van der Waals surface area contributed by atoms with Crippen LogP contribution in [-0.4, -0.2) is 38.0 Å². The van der Waals surface area contributed by atoms with Crippen molar-refractivity contribution in [1.29, 1.82) is 0 Å². The van der Waals surface area contributed by atoms with E-state index in [2.05, 4.69) is 20.5 Å². The van der Waals surface area contributed by atoms with Crippen LogP contribution in [0.3, 0.4) is 0 Å². The number of hydrogen-bond acceptors (Lipinski definition) is 7. The third-order valence-corrected chi connectivity index (χ3v) is 4.34. The number of sulfone groups is 1. The van der Waals surface area contributed by atoms with Crippen molar-refractivity contribution in [3.8, 4) is 5.75 Å². The fraction of sp³-hybridized carbons (Fsp3) is 0.167. The molecule has 8 heteroatoms. The lowest BCUT2D eigenvalue weighted by atomic mass is 10.2. The zero-order valence-corrected chi connectivity index (χ0v) is 15.2. The molecule has 0 radical (unpaired) electrons. The van der Waals surface area contributed by atoms with E-state index in [9.17, 15) is 8.42 Å². The number of nitrogens with one attached hydrogen (secondary N) is 1. The molecule has 26 heavy (non-hydrogen) atoms. The first-order valence-electron chi connectivity index (χ1n) is 7.81. The van der Waals surface area contributed by atoms with Gasteiger partial charge in [-0.3, -0.25) is 5.43 Å². The van der Waals surface area contributed by atoms with E-state index in [-0.39, 0.29) is 5.75 Å². The van der Waals surface area contributed by atoms with E-state index >= 15 is 0 Å². The molecule has 0 spiro atoms. The Morgan fingerprint density at radius 3 is 2.35 bits per heavy atom. The number of ether oxygens (including phenoxy) is 1. The molecule has 0 aliphatic rings. The Balaban J connectivity index is 1.89. The highest BCUT2D eigenvalue weighted by Crippen LogP contribution is 2.19. The maximum absolute atomic E-state index is 11.7. The predicted molar refractivity (Wildman–Crippen MR) is 102 cm³/mol. The Morgan fingerprint density at radius 1 is 1.08 bits per heavy atom. The van der Waals surface area contributed by atoms with Crippen LogP contribution in [0, 0.1) is 0 Å². The molecule has 0 aliphatic carbocycles. The topological polar surface area (TPSA) is 93.5 Å². The normalized spacial score (nSPS) is 11.8. The minimum atomic E-state index is -3.26. The van der Waals surface area contributed by atoms with Crippen LogP contribution in [-0.2, 0) is 15.6 Å². The van der Waals surface area contributed by atoms with Crippen LogP contribution in [0.4, 0.5) is 5.82 Å². The summed E-state index contributed by atoms with van der Waals surface area (Å²) in [4.78, 5) is 8.86. The number of hydrogen-bond donors (Lipinski definition) is 1. The van der Waals surface area contributed by atoms with E-state index in [1.165, 1.54) is 0 Å². The number of rotatable bonds is 6. The molecule has 0 saturated heterocycles. The van der Waals surface area contributed by atoms with E-state index in [1.54, 1.807) is 19.4 Å². The maximum Gasteiger partial charge on any atom is 0.169 e. The van der Waals surface area contributed by atoms with Gasteiger partial charge in [0, 0.05) is 6.26 Å². The first kappa shape index (κ1) is 17.8. The van der Waals surface area contributed by atoms with Crippen LogP contribution in [0.15, 0.2) is 53.6 Å². The molecule has 3 aromatic rings. The zero-order valence-electron chi connectivity index (χ0n) is 14.4. The van der Waals surface area contributed by atoms with E-state index in [0.29, 0.717) is 22.5 Å². The van der Waals surface area contributed by atoms with Gasteiger partial charge in [0.1, 0.15) is 11.4 Å².